The molecule has 2 rings (SSSR count). The molecule has 1 N–H and O–H groups in total. The number of carbonyl (C=O) groups is 1. The number of para-hydroxylation sites is 1. The number of rotatable bonds is 3. The summed E-state index contributed by atoms with van der Waals surface area (Å²) in [6.07, 6.45) is 0. The number of likely N-dealkylation sites (N-methyl/N-ethyl adjacent to an activating group) is 2. The average molecular weight is 233 g/mol. The number of hydrogen-bond acceptors (Lipinski definition) is 2. The number of nitrogens with zero attached hydrogens (tertiary/aromatic N) is 2. The predicted octanol–water partition coefficient (Wildman–Crippen LogP) is 1.45. The van der Waals surface area contributed by atoms with Gasteiger partial charge in [-0.2, -0.15) is 0 Å². The molecular formula is C13H19N3O. The van der Waals surface area contributed by atoms with Crippen LogP contribution in [0, 0.1) is 6.92 Å². The third-order valence-corrected chi connectivity index (χ3v) is 3.32. The number of aryl methyl sites for hydroxylation is 1. The second-order valence-electron chi connectivity index (χ2n) is 4.50. The topological polar surface area (TPSA) is 35.6 Å². The molecule has 0 bridgehead atoms. The van der Waals surface area contributed by atoms with E-state index < -0.39 is 0 Å². The monoisotopic (exact) mass is 233 g/mol. The van der Waals surface area contributed by atoms with Crippen molar-refractivity contribution in [3.63, 3.8) is 0 Å². The van der Waals surface area contributed by atoms with Crippen LogP contribution in [0.5, 0.6) is 0 Å². The Balaban J connectivity index is 2.24. The van der Waals surface area contributed by atoms with Gasteiger partial charge in [0.05, 0.1) is 6.04 Å². The molecule has 2 amide bonds. The van der Waals surface area contributed by atoms with Gasteiger partial charge in [-0.05, 0) is 25.6 Å². The SMILES string of the molecule is CNCC1CN(c2ccccc2C)C(=O)N1C. The summed E-state index contributed by atoms with van der Waals surface area (Å²) in [4.78, 5) is 15.8. The molecule has 1 heterocycles. The van der Waals surface area contributed by atoms with Gasteiger partial charge in [-0.25, -0.2) is 4.79 Å². The third-order valence-electron chi connectivity index (χ3n) is 3.32. The van der Waals surface area contributed by atoms with Gasteiger partial charge >= 0.3 is 6.03 Å². The Morgan fingerprint density at radius 2 is 2.12 bits per heavy atom. The fourth-order valence-corrected chi connectivity index (χ4v) is 2.26. The molecule has 1 unspecified atom stereocenters. The molecule has 0 aromatic heterocycles. The zero-order valence-electron chi connectivity index (χ0n) is 10.6. The maximum absolute atomic E-state index is 12.2. The molecule has 0 radical (unpaired) electrons. The van der Waals surface area contributed by atoms with Crippen molar-refractivity contribution in [3.05, 3.63) is 29.8 Å². The van der Waals surface area contributed by atoms with Crippen LogP contribution in [0.2, 0.25) is 0 Å². The first kappa shape index (κ1) is 11.9. The average Bonchev–Trinajstić information content (AvgIpc) is 2.59. The summed E-state index contributed by atoms with van der Waals surface area (Å²) in [5.74, 6) is 0. The minimum atomic E-state index is 0.0829. The zero-order chi connectivity index (χ0) is 12.4. The first-order valence-electron chi connectivity index (χ1n) is 5.89. The lowest BCUT2D eigenvalue weighted by Gasteiger charge is -2.18. The zero-order valence-corrected chi connectivity index (χ0v) is 10.6. The summed E-state index contributed by atoms with van der Waals surface area (Å²) in [6.45, 7) is 3.61. The van der Waals surface area contributed by atoms with Gasteiger partial charge in [-0.3, -0.25) is 4.90 Å². The standard InChI is InChI=1S/C13H19N3O/c1-10-6-4-5-7-12(10)16-9-11(8-14-2)15(3)13(16)17/h4-7,11,14H,8-9H2,1-3H3. The van der Waals surface area contributed by atoms with Gasteiger partial charge in [0.15, 0.2) is 0 Å². The molecule has 1 fully saturated rings. The maximum Gasteiger partial charge on any atom is 0.324 e. The summed E-state index contributed by atoms with van der Waals surface area (Å²) in [7, 11) is 3.78. The second-order valence-corrected chi connectivity index (χ2v) is 4.50. The number of anilines is 1. The van der Waals surface area contributed by atoms with Gasteiger partial charge in [0, 0.05) is 25.8 Å². The summed E-state index contributed by atoms with van der Waals surface area (Å²) in [6, 6.07) is 8.33. The van der Waals surface area contributed by atoms with Crippen LogP contribution in [0.4, 0.5) is 10.5 Å². The first-order chi connectivity index (χ1) is 8.15. The van der Waals surface area contributed by atoms with E-state index in [1.54, 1.807) is 0 Å². The lowest BCUT2D eigenvalue weighted by Crippen LogP contribution is -2.37. The van der Waals surface area contributed by atoms with Crippen molar-refractivity contribution in [2.75, 3.05) is 32.1 Å². The number of amides is 2. The molecule has 1 atom stereocenters. The predicted molar refractivity (Wildman–Crippen MR) is 69.4 cm³/mol. The number of carbonyl (C=O) groups excluding carboxylic acids is 1. The van der Waals surface area contributed by atoms with Crippen molar-refractivity contribution in [2.45, 2.75) is 13.0 Å². The molecule has 17 heavy (non-hydrogen) atoms. The Hall–Kier alpha value is -1.55. The number of nitrogens with one attached hydrogen (secondary N) is 1. The van der Waals surface area contributed by atoms with Crippen molar-refractivity contribution < 1.29 is 4.79 Å². The van der Waals surface area contributed by atoms with Crippen molar-refractivity contribution >= 4 is 11.7 Å². The van der Waals surface area contributed by atoms with Crippen molar-refractivity contribution in [2.24, 2.45) is 0 Å². The molecule has 4 heteroatoms. The van der Waals surface area contributed by atoms with Crippen LogP contribution < -0.4 is 10.2 Å². The highest BCUT2D eigenvalue weighted by Gasteiger charge is 2.35. The van der Waals surface area contributed by atoms with E-state index in [4.69, 9.17) is 0 Å². The van der Waals surface area contributed by atoms with Crippen LogP contribution in [-0.4, -0.2) is 44.2 Å². The van der Waals surface area contributed by atoms with Crippen LogP contribution in [0.3, 0.4) is 0 Å². The molecule has 0 aliphatic carbocycles. The minimum Gasteiger partial charge on any atom is -0.321 e. The Bertz CT molecular complexity index is 419. The van der Waals surface area contributed by atoms with Gasteiger partial charge in [0.25, 0.3) is 0 Å². The molecule has 92 valence electrons. The van der Waals surface area contributed by atoms with E-state index in [-0.39, 0.29) is 12.1 Å². The van der Waals surface area contributed by atoms with E-state index in [1.165, 1.54) is 0 Å². The van der Waals surface area contributed by atoms with E-state index in [9.17, 15) is 4.79 Å². The molecular weight excluding hydrogens is 214 g/mol. The van der Waals surface area contributed by atoms with E-state index in [1.807, 2.05) is 55.1 Å². The maximum atomic E-state index is 12.2. The summed E-state index contributed by atoms with van der Waals surface area (Å²) in [5.41, 5.74) is 2.15. The minimum absolute atomic E-state index is 0.0829. The van der Waals surface area contributed by atoms with E-state index in [2.05, 4.69) is 5.32 Å². The molecule has 0 saturated carbocycles. The molecule has 1 aliphatic heterocycles. The first-order valence-corrected chi connectivity index (χ1v) is 5.89. The summed E-state index contributed by atoms with van der Waals surface area (Å²) >= 11 is 0. The van der Waals surface area contributed by atoms with Crippen LogP contribution in [-0.2, 0) is 0 Å². The van der Waals surface area contributed by atoms with Crippen LogP contribution >= 0.6 is 0 Å². The Labute approximate surface area is 102 Å². The fraction of sp³-hybridized carbons (Fsp3) is 0.462. The lowest BCUT2D eigenvalue weighted by molar-refractivity contribution is 0.218. The number of urea groups is 1. The highest BCUT2D eigenvalue weighted by Crippen LogP contribution is 2.25. The molecule has 0 spiro atoms. The number of hydrogen-bond donors (Lipinski definition) is 1. The summed E-state index contributed by atoms with van der Waals surface area (Å²) < 4.78 is 0. The lowest BCUT2D eigenvalue weighted by atomic mass is 10.2. The summed E-state index contributed by atoms with van der Waals surface area (Å²) in [5, 5.41) is 3.13. The number of benzene rings is 1. The van der Waals surface area contributed by atoms with E-state index >= 15 is 0 Å². The molecule has 1 saturated heterocycles. The van der Waals surface area contributed by atoms with Crippen LogP contribution in [0.25, 0.3) is 0 Å². The smallest absolute Gasteiger partial charge is 0.321 e. The highest BCUT2D eigenvalue weighted by atomic mass is 16.2. The van der Waals surface area contributed by atoms with Gasteiger partial charge in [-0.15, -0.1) is 0 Å². The van der Waals surface area contributed by atoms with Crippen LogP contribution in [0.1, 0.15) is 5.56 Å². The normalized spacial score (nSPS) is 20.2. The van der Waals surface area contributed by atoms with E-state index in [0.717, 1.165) is 24.3 Å². The van der Waals surface area contributed by atoms with Crippen LogP contribution in [0.15, 0.2) is 24.3 Å². The Morgan fingerprint density at radius 1 is 1.41 bits per heavy atom. The molecule has 1 aliphatic rings. The molecule has 4 nitrogen and oxygen atoms in total. The Kier molecular flexibility index (Phi) is 3.33. The second kappa shape index (κ2) is 4.75. The van der Waals surface area contributed by atoms with E-state index in [0.29, 0.717) is 0 Å². The van der Waals surface area contributed by atoms with Crippen molar-refractivity contribution in [1.29, 1.82) is 0 Å². The van der Waals surface area contributed by atoms with Crippen molar-refractivity contribution in [1.82, 2.24) is 10.2 Å². The quantitative estimate of drug-likeness (QED) is 0.858. The molecule has 1 aromatic rings. The van der Waals surface area contributed by atoms with Gasteiger partial charge in [0.2, 0.25) is 0 Å². The fourth-order valence-electron chi connectivity index (χ4n) is 2.26. The Morgan fingerprint density at radius 3 is 2.76 bits per heavy atom. The van der Waals surface area contributed by atoms with Gasteiger partial charge in [0.1, 0.15) is 0 Å². The largest absolute Gasteiger partial charge is 0.324 e. The highest BCUT2D eigenvalue weighted by molar-refractivity contribution is 5.95. The third kappa shape index (κ3) is 2.13. The van der Waals surface area contributed by atoms with Gasteiger partial charge in [-0.1, -0.05) is 18.2 Å². The van der Waals surface area contributed by atoms with Crippen molar-refractivity contribution in [3.8, 4) is 0 Å². The molecule has 1 aromatic carbocycles. The van der Waals surface area contributed by atoms with Gasteiger partial charge < -0.3 is 10.2 Å².